The number of phenolic OH excluding ortho intramolecular Hbond substituents is 1. The molecular weight excluding hydrogens is 548 g/mol. The molecule has 6 N–H and O–H groups in total. The highest BCUT2D eigenvalue weighted by atomic mass is 16.6. The number of amides is 1. The number of rotatable bonds is 5. The predicted molar refractivity (Wildman–Crippen MR) is 151 cm³/mol. The zero-order valence-electron chi connectivity index (χ0n) is 23.3. The van der Waals surface area contributed by atoms with Gasteiger partial charge in [-0.15, -0.1) is 0 Å². The number of likely N-dealkylation sites (N-methyl/N-ethyl adjacent to an activating group) is 1. The van der Waals surface area contributed by atoms with Crippen LogP contribution in [0.2, 0.25) is 0 Å². The van der Waals surface area contributed by atoms with E-state index in [0.717, 1.165) is 0 Å². The number of carbonyl (C=O) groups excluding carboxylic acids is 3. The van der Waals surface area contributed by atoms with Gasteiger partial charge in [-0.3, -0.25) is 29.4 Å². The molecular formula is C29H30N4O9. The highest BCUT2D eigenvalue weighted by molar-refractivity contribution is 6.24. The lowest BCUT2D eigenvalue weighted by Crippen LogP contribution is -2.65. The fraction of sp³-hybridized carbons (Fsp3) is 0.345. The second-order valence-corrected chi connectivity index (χ2v) is 11.3. The normalized spacial score (nSPS) is 25.2. The Morgan fingerprint density at radius 2 is 1.71 bits per heavy atom. The van der Waals surface area contributed by atoms with Crippen LogP contribution >= 0.6 is 0 Å². The van der Waals surface area contributed by atoms with Crippen LogP contribution in [-0.2, 0) is 20.8 Å². The predicted octanol–water partition coefficient (Wildman–Crippen LogP) is 1.61. The Hall–Kier alpha value is -4.75. The van der Waals surface area contributed by atoms with Gasteiger partial charge >= 0.3 is 0 Å². The average Bonchev–Trinajstić information content (AvgIpc) is 2.90. The summed E-state index contributed by atoms with van der Waals surface area (Å²) in [4.78, 5) is 53.3. The number of nitro benzene ring substituents is 1. The molecule has 3 aliphatic carbocycles. The number of benzene rings is 2. The first-order valence-electron chi connectivity index (χ1n) is 13.1. The maximum atomic E-state index is 14.1. The molecule has 0 heterocycles. The van der Waals surface area contributed by atoms with Crippen molar-refractivity contribution in [2.45, 2.75) is 24.5 Å². The minimum Gasteiger partial charge on any atom is -0.508 e. The lowest BCUT2D eigenvalue weighted by Gasteiger charge is -2.50. The number of Topliss-reactive ketones (excluding diaryl/α,β-unsaturated/α-hetero) is 2. The molecule has 220 valence electrons. The van der Waals surface area contributed by atoms with Crippen molar-refractivity contribution < 1.29 is 39.7 Å². The van der Waals surface area contributed by atoms with Crippen molar-refractivity contribution in [3.05, 3.63) is 68.5 Å². The van der Waals surface area contributed by atoms with Gasteiger partial charge in [0.15, 0.2) is 11.4 Å². The van der Waals surface area contributed by atoms with Gasteiger partial charge in [-0.05, 0) is 62.2 Å². The summed E-state index contributed by atoms with van der Waals surface area (Å²) in [5.41, 5.74) is 3.01. The standard InChI is InChI=1S/C29H30N4O9/c1-31(2)18-11-15(12-5-7-14(8-6-12)33(41)42)23(34)20-16(18)9-13-10-17-22(32(3)4)25(36)21(28(30)39)27(38)29(17,40)26(37)19(13)24(20)35/h5-8,11,13,17,22,34-35,38,40H,9-10H2,1-4H3,(H2,30,39)/t13-,17-,22-,29-/m0/s1. The fourth-order valence-electron chi connectivity index (χ4n) is 6.67. The number of carbonyl (C=O) groups is 3. The van der Waals surface area contributed by atoms with Gasteiger partial charge in [-0.2, -0.15) is 0 Å². The highest BCUT2D eigenvalue weighted by Crippen LogP contribution is 2.55. The zero-order valence-corrected chi connectivity index (χ0v) is 23.3. The third kappa shape index (κ3) is 3.88. The van der Waals surface area contributed by atoms with Crippen LogP contribution in [0.1, 0.15) is 17.5 Å². The molecule has 0 aliphatic heterocycles. The molecule has 5 rings (SSSR count). The number of primary amides is 1. The number of nitro groups is 1. The largest absolute Gasteiger partial charge is 0.508 e. The summed E-state index contributed by atoms with van der Waals surface area (Å²) in [6.45, 7) is 0. The molecule has 1 fully saturated rings. The van der Waals surface area contributed by atoms with Gasteiger partial charge in [0.25, 0.3) is 11.6 Å². The number of nitrogens with zero attached hydrogens (tertiary/aromatic N) is 3. The molecule has 13 nitrogen and oxygen atoms in total. The van der Waals surface area contributed by atoms with Crippen LogP contribution in [0.15, 0.2) is 47.2 Å². The van der Waals surface area contributed by atoms with E-state index < -0.39 is 68.7 Å². The number of fused-ring (bicyclic) bond motifs is 3. The van der Waals surface area contributed by atoms with E-state index in [1.807, 2.05) is 0 Å². The molecule has 2 aromatic rings. The summed E-state index contributed by atoms with van der Waals surface area (Å²) in [7, 11) is 6.58. The molecule has 0 aromatic heterocycles. The third-order valence-electron chi connectivity index (χ3n) is 8.57. The van der Waals surface area contributed by atoms with Crippen molar-refractivity contribution in [3.8, 4) is 16.9 Å². The number of anilines is 1. The molecule has 0 radical (unpaired) electrons. The molecule has 1 amide bonds. The second kappa shape index (κ2) is 9.67. The van der Waals surface area contributed by atoms with Crippen molar-refractivity contribution in [3.63, 3.8) is 0 Å². The number of phenols is 1. The summed E-state index contributed by atoms with van der Waals surface area (Å²) in [6, 6.07) is 5.94. The maximum absolute atomic E-state index is 14.1. The van der Waals surface area contributed by atoms with Crippen molar-refractivity contribution in [1.29, 1.82) is 0 Å². The Balaban J connectivity index is 1.75. The molecule has 0 spiro atoms. The molecule has 3 aliphatic rings. The lowest BCUT2D eigenvalue weighted by atomic mass is 9.57. The number of ketones is 2. The maximum Gasteiger partial charge on any atom is 0.269 e. The fourth-order valence-corrected chi connectivity index (χ4v) is 6.67. The number of nitrogens with two attached hydrogens (primary N) is 1. The topological polar surface area (TPSA) is 208 Å². The molecule has 0 bridgehead atoms. The number of aromatic hydroxyl groups is 1. The van der Waals surface area contributed by atoms with E-state index in [9.17, 15) is 44.9 Å². The van der Waals surface area contributed by atoms with E-state index in [2.05, 4.69) is 0 Å². The summed E-state index contributed by atoms with van der Waals surface area (Å²) in [5, 5.41) is 57.0. The van der Waals surface area contributed by atoms with Crippen LogP contribution in [-0.4, -0.2) is 87.6 Å². The first-order chi connectivity index (χ1) is 19.6. The Bertz CT molecular complexity index is 1640. The third-order valence-corrected chi connectivity index (χ3v) is 8.57. The summed E-state index contributed by atoms with van der Waals surface area (Å²) >= 11 is 0. The van der Waals surface area contributed by atoms with E-state index in [-0.39, 0.29) is 35.2 Å². The number of hydrogen-bond donors (Lipinski definition) is 5. The van der Waals surface area contributed by atoms with Gasteiger partial charge in [0.2, 0.25) is 5.78 Å². The van der Waals surface area contributed by atoms with Crippen molar-refractivity contribution in [2.24, 2.45) is 17.6 Å². The summed E-state index contributed by atoms with van der Waals surface area (Å²) < 4.78 is 0. The lowest BCUT2D eigenvalue weighted by molar-refractivity contribution is -0.384. The number of hydrogen-bond acceptors (Lipinski definition) is 11. The average molecular weight is 579 g/mol. The van der Waals surface area contributed by atoms with Gasteiger partial charge in [0, 0.05) is 49.0 Å². The van der Waals surface area contributed by atoms with Gasteiger partial charge in [-0.1, -0.05) is 0 Å². The van der Waals surface area contributed by atoms with Crippen LogP contribution in [0.4, 0.5) is 11.4 Å². The molecule has 2 aromatic carbocycles. The van der Waals surface area contributed by atoms with E-state index in [1.54, 1.807) is 25.1 Å². The Kier molecular flexibility index (Phi) is 6.62. The van der Waals surface area contributed by atoms with Crippen molar-refractivity contribution in [1.82, 2.24) is 4.90 Å². The van der Waals surface area contributed by atoms with E-state index in [1.165, 1.54) is 43.3 Å². The number of aliphatic hydroxyl groups excluding tert-OH is 2. The van der Waals surface area contributed by atoms with E-state index in [0.29, 0.717) is 16.8 Å². The Labute approximate surface area is 239 Å². The van der Waals surface area contributed by atoms with E-state index in [4.69, 9.17) is 5.73 Å². The Morgan fingerprint density at radius 3 is 2.24 bits per heavy atom. The smallest absolute Gasteiger partial charge is 0.269 e. The van der Waals surface area contributed by atoms with Crippen LogP contribution in [0.3, 0.4) is 0 Å². The van der Waals surface area contributed by atoms with Crippen LogP contribution in [0.25, 0.3) is 16.9 Å². The summed E-state index contributed by atoms with van der Waals surface area (Å²) in [6.07, 6.45) is 0.111. The minimum absolute atomic E-state index is 0.0243. The van der Waals surface area contributed by atoms with Crippen molar-refractivity contribution in [2.75, 3.05) is 33.1 Å². The first-order valence-corrected chi connectivity index (χ1v) is 13.1. The highest BCUT2D eigenvalue weighted by Gasteiger charge is 2.64. The molecule has 13 heteroatoms. The monoisotopic (exact) mass is 578 g/mol. The van der Waals surface area contributed by atoms with Gasteiger partial charge < -0.3 is 31.1 Å². The number of non-ortho nitro benzene ring substituents is 1. The molecule has 1 saturated carbocycles. The molecule has 42 heavy (non-hydrogen) atoms. The SMILES string of the molecule is CN(C)c1cc(-c2ccc([N+](=O)[O-])cc2)c(O)c2c1C[C@H]1C[C@H]3[C@H](N(C)C)C(=O)C(C(N)=O)=C(O)[C@@]3(O)C(=O)C1=C2O. The van der Waals surface area contributed by atoms with Crippen LogP contribution in [0, 0.1) is 22.0 Å². The second-order valence-electron chi connectivity index (χ2n) is 11.3. The quantitative estimate of drug-likeness (QED) is 0.196. The summed E-state index contributed by atoms with van der Waals surface area (Å²) in [5.74, 6) is -7.28. The Morgan fingerprint density at radius 1 is 1.10 bits per heavy atom. The zero-order chi connectivity index (χ0) is 31.0. The van der Waals surface area contributed by atoms with Crippen molar-refractivity contribution >= 4 is 34.6 Å². The molecule has 0 saturated heterocycles. The molecule has 0 unspecified atom stereocenters. The van der Waals surface area contributed by atoms with Gasteiger partial charge in [0.1, 0.15) is 22.8 Å². The minimum atomic E-state index is -2.74. The van der Waals surface area contributed by atoms with Crippen LogP contribution in [0.5, 0.6) is 5.75 Å². The number of aliphatic hydroxyl groups is 3. The first kappa shape index (κ1) is 28.8. The van der Waals surface area contributed by atoms with Gasteiger partial charge in [0.05, 0.1) is 16.5 Å². The van der Waals surface area contributed by atoms with E-state index >= 15 is 0 Å². The molecule has 4 atom stereocenters. The van der Waals surface area contributed by atoms with Crippen LogP contribution < -0.4 is 10.6 Å². The van der Waals surface area contributed by atoms with Gasteiger partial charge in [-0.25, -0.2) is 0 Å².